The Kier molecular flexibility index (Phi) is 5.49. The Hall–Kier alpha value is -2.43. The fraction of sp³-hybridized carbons (Fsp3) is 0.625. The summed E-state index contributed by atoms with van der Waals surface area (Å²) in [6.45, 7) is 1.36. The van der Waals surface area contributed by atoms with Crippen LogP contribution in [-0.2, 0) is 34.7 Å². The third kappa shape index (κ3) is 3.09. The molecule has 0 aromatic carbocycles. The molecule has 3 aliphatic rings. The molecule has 2 unspecified atom stereocenters. The largest absolute Gasteiger partial charge is 0.477 e. The normalized spacial score (nSPS) is 30.3. The van der Waals surface area contributed by atoms with E-state index in [1.807, 2.05) is 4.90 Å². The van der Waals surface area contributed by atoms with E-state index in [1.54, 1.807) is 0 Å². The first-order valence-electron chi connectivity index (χ1n) is 8.66. The number of β-lactam (4-membered cyclic amide) rings is 1. The molecule has 0 saturated carbocycles. The number of ether oxygens (including phenoxy) is 1. The molecule has 0 radical (unpaired) electrons. The molecule has 0 aromatic heterocycles. The number of carbonyl (C=O) groups excluding carboxylic acids is 3. The number of hydrogen-bond donors (Lipinski definition) is 2. The Morgan fingerprint density at radius 2 is 2.04 bits per heavy atom. The topological polar surface area (TPSA) is 133 Å². The SMILES string of the molecule is O=CNC1(CCOC=O)C(=O)N2C(C(=O)O)=C(N3CCCCC3)CS(=O)[C@H]21. The van der Waals surface area contributed by atoms with Gasteiger partial charge in [0.25, 0.3) is 12.4 Å². The van der Waals surface area contributed by atoms with E-state index in [2.05, 4.69) is 10.1 Å². The Balaban J connectivity index is 1.97. The molecule has 3 rings (SSSR count). The van der Waals surface area contributed by atoms with Crippen LogP contribution < -0.4 is 5.32 Å². The molecule has 2 N–H and O–H groups in total. The van der Waals surface area contributed by atoms with Crippen LogP contribution in [0.5, 0.6) is 0 Å². The van der Waals surface area contributed by atoms with Crippen molar-refractivity contribution in [3.8, 4) is 0 Å². The zero-order chi connectivity index (χ0) is 19.6. The third-order valence-electron chi connectivity index (χ3n) is 5.24. The van der Waals surface area contributed by atoms with Gasteiger partial charge >= 0.3 is 5.97 Å². The maximum absolute atomic E-state index is 12.9. The zero-order valence-electron chi connectivity index (χ0n) is 14.6. The third-order valence-corrected chi connectivity index (χ3v) is 6.91. The van der Waals surface area contributed by atoms with E-state index in [0.29, 0.717) is 25.2 Å². The summed E-state index contributed by atoms with van der Waals surface area (Å²) in [7, 11) is -1.62. The second kappa shape index (κ2) is 7.67. The molecule has 27 heavy (non-hydrogen) atoms. The van der Waals surface area contributed by atoms with Crippen molar-refractivity contribution in [3.05, 3.63) is 11.4 Å². The molecular formula is C16H21N3O7S. The van der Waals surface area contributed by atoms with Crippen molar-refractivity contribution in [1.29, 1.82) is 0 Å². The van der Waals surface area contributed by atoms with Gasteiger partial charge in [0.05, 0.1) is 28.9 Å². The van der Waals surface area contributed by atoms with Crippen molar-refractivity contribution in [2.75, 3.05) is 25.4 Å². The summed E-state index contributed by atoms with van der Waals surface area (Å²) in [6.07, 6.45) is 3.09. The van der Waals surface area contributed by atoms with Crippen LogP contribution in [0.15, 0.2) is 11.4 Å². The number of hydrogen-bond acceptors (Lipinski definition) is 7. The first-order chi connectivity index (χ1) is 13.0. The Labute approximate surface area is 158 Å². The van der Waals surface area contributed by atoms with Gasteiger partial charge in [-0.2, -0.15) is 0 Å². The number of nitrogens with one attached hydrogen (secondary N) is 1. The van der Waals surface area contributed by atoms with Crippen molar-refractivity contribution in [2.45, 2.75) is 36.6 Å². The minimum Gasteiger partial charge on any atom is -0.477 e. The number of amides is 2. The number of fused-ring (bicyclic) bond motifs is 1. The highest BCUT2D eigenvalue weighted by atomic mass is 32.2. The van der Waals surface area contributed by atoms with Gasteiger partial charge in [0.2, 0.25) is 6.41 Å². The van der Waals surface area contributed by atoms with Gasteiger partial charge in [0, 0.05) is 19.5 Å². The minimum atomic E-state index is -1.62. The number of likely N-dealkylation sites (tertiary alicyclic amines) is 1. The van der Waals surface area contributed by atoms with Crippen LogP contribution in [0.2, 0.25) is 0 Å². The maximum Gasteiger partial charge on any atom is 0.354 e. The van der Waals surface area contributed by atoms with Crippen LogP contribution in [0.3, 0.4) is 0 Å². The first kappa shape index (κ1) is 19.3. The molecule has 3 aliphatic heterocycles. The van der Waals surface area contributed by atoms with Crippen LogP contribution >= 0.6 is 0 Å². The van der Waals surface area contributed by atoms with Gasteiger partial charge in [-0.25, -0.2) is 4.79 Å². The number of carbonyl (C=O) groups is 4. The number of carboxylic acid groups (broad SMARTS) is 1. The van der Waals surface area contributed by atoms with Crippen molar-refractivity contribution >= 4 is 35.6 Å². The van der Waals surface area contributed by atoms with Crippen molar-refractivity contribution < 1.29 is 33.2 Å². The summed E-state index contributed by atoms with van der Waals surface area (Å²) in [4.78, 5) is 49.2. The lowest BCUT2D eigenvalue weighted by molar-refractivity contribution is -0.160. The van der Waals surface area contributed by atoms with E-state index in [1.165, 1.54) is 0 Å². The van der Waals surface area contributed by atoms with Crippen molar-refractivity contribution in [3.63, 3.8) is 0 Å². The molecule has 2 fully saturated rings. The lowest BCUT2D eigenvalue weighted by Gasteiger charge is -2.57. The Morgan fingerprint density at radius 3 is 2.63 bits per heavy atom. The lowest BCUT2D eigenvalue weighted by Crippen LogP contribution is -2.82. The van der Waals surface area contributed by atoms with E-state index in [4.69, 9.17) is 0 Å². The molecule has 148 valence electrons. The van der Waals surface area contributed by atoms with E-state index >= 15 is 0 Å². The highest BCUT2D eigenvalue weighted by Crippen LogP contribution is 2.44. The van der Waals surface area contributed by atoms with Gasteiger partial charge in [0.15, 0.2) is 11.2 Å². The van der Waals surface area contributed by atoms with Gasteiger partial charge in [-0.1, -0.05) is 0 Å². The first-order valence-corrected chi connectivity index (χ1v) is 10.0. The van der Waals surface area contributed by atoms with E-state index in [-0.39, 0.29) is 30.9 Å². The Bertz CT molecular complexity index is 719. The van der Waals surface area contributed by atoms with Crippen LogP contribution in [0.1, 0.15) is 25.7 Å². The lowest BCUT2D eigenvalue weighted by atomic mass is 9.83. The van der Waals surface area contributed by atoms with E-state index < -0.39 is 33.6 Å². The molecule has 3 atom stereocenters. The summed E-state index contributed by atoms with van der Waals surface area (Å²) in [5, 5.41) is 11.1. The average Bonchev–Trinajstić information content (AvgIpc) is 2.66. The van der Waals surface area contributed by atoms with Gasteiger partial charge in [-0.15, -0.1) is 0 Å². The second-order valence-electron chi connectivity index (χ2n) is 6.65. The smallest absolute Gasteiger partial charge is 0.354 e. The number of rotatable bonds is 8. The molecule has 0 spiro atoms. The summed E-state index contributed by atoms with van der Waals surface area (Å²) >= 11 is 0. The average molecular weight is 399 g/mol. The monoisotopic (exact) mass is 399 g/mol. The van der Waals surface area contributed by atoms with Crippen LogP contribution in [-0.4, -0.2) is 80.2 Å². The summed E-state index contributed by atoms with van der Waals surface area (Å²) < 4.78 is 17.6. The maximum atomic E-state index is 12.9. The highest BCUT2D eigenvalue weighted by Gasteiger charge is 2.67. The van der Waals surface area contributed by atoms with Crippen LogP contribution in [0.25, 0.3) is 0 Å². The Morgan fingerprint density at radius 1 is 1.33 bits per heavy atom. The fourth-order valence-electron chi connectivity index (χ4n) is 4.00. The summed E-state index contributed by atoms with van der Waals surface area (Å²) in [5.41, 5.74) is -1.32. The molecule has 0 aromatic rings. The number of nitrogens with zero attached hydrogens (tertiary/aromatic N) is 2. The molecule has 10 nitrogen and oxygen atoms in total. The number of aliphatic carboxylic acids is 1. The van der Waals surface area contributed by atoms with E-state index in [9.17, 15) is 28.5 Å². The molecule has 3 heterocycles. The molecular weight excluding hydrogens is 378 g/mol. The predicted molar refractivity (Wildman–Crippen MR) is 92.3 cm³/mol. The standard InChI is InChI=1S/C16H21N3O7S/c20-9-17-16(4-7-26-10-21)14(24)19-12(13(22)23)11(8-27(25)15(16)19)18-5-2-1-3-6-18/h9-10,15H,1-8H2,(H,17,20)(H,22,23)/t15-,16?,27?/m0/s1. The highest BCUT2D eigenvalue weighted by molar-refractivity contribution is 7.86. The van der Waals surface area contributed by atoms with Crippen molar-refractivity contribution in [2.24, 2.45) is 0 Å². The molecule has 0 aliphatic carbocycles. The van der Waals surface area contributed by atoms with E-state index in [0.717, 1.165) is 24.2 Å². The van der Waals surface area contributed by atoms with Gasteiger partial charge in [-0.05, 0) is 19.3 Å². The van der Waals surface area contributed by atoms with Crippen LogP contribution in [0, 0.1) is 0 Å². The van der Waals surface area contributed by atoms with Crippen LogP contribution in [0.4, 0.5) is 0 Å². The van der Waals surface area contributed by atoms with Gasteiger partial charge < -0.3 is 20.1 Å². The second-order valence-corrected chi connectivity index (χ2v) is 8.15. The van der Waals surface area contributed by atoms with Gasteiger partial charge in [0.1, 0.15) is 5.37 Å². The van der Waals surface area contributed by atoms with Gasteiger partial charge in [-0.3, -0.25) is 23.5 Å². The summed E-state index contributed by atoms with van der Waals surface area (Å²) in [5.74, 6) is -1.93. The molecule has 0 bridgehead atoms. The quantitative estimate of drug-likeness (QED) is 0.294. The zero-order valence-corrected chi connectivity index (χ0v) is 15.4. The van der Waals surface area contributed by atoms with Crippen molar-refractivity contribution in [1.82, 2.24) is 15.1 Å². The molecule has 11 heteroatoms. The minimum absolute atomic E-state index is 0.00704. The summed E-state index contributed by atoms with van der Waals surface area (Å²) in [6, 6.07) is 0. The molecule has 2 amide bonds. The molecule has 2 saturated heterocycles. The number of carboxylic acids is 1. The fourth-order valence-corrected chi connectivity index (χ4v) is 5.92. The number of piperidine rings is 1. The predicted octanol–water partition coefficient (Wildman–Crippen LogP) is -1.25.